The lowest BCUT2D eigenvalue weighted by atomic mass is 10.1. The minimum Gasteiger partial charge on any atom is -1.00 e. The number of nitrogens with zero attached hydrogens (tertiary/aromatic N) is 2. The Morgan fingerprint density at radius 1 is 0.864 bits per heavy atom. The Morgan fingerprint density at radius 3 is 2.18 bits per heavy atom. The van der Waals surface area contributed by atoms with E-state index in [1.54, 1.807) is 0 Å². The molecule has 0 aliphatic rings. The van der Waals surface area contributed by atoms with Crippen LogP contribution >= 0.6 is 0 Å². The summed E-state index contributed by atoms with van der Waals surface area (Å²) in [5, 5.41) is 1.28. The first kappa shape index (κ1) is 16.7. The molecule has 0 saturated heterocycles. The molecule has 1 aromatic heterocycles. The summed E-state index contributed by atoms with van der Waals surface area (Å²) in [5.41, 5.74) is 6.31. The molecule has 0 unspecified atom stereocenters. The fraction of sp³-hybridized carbons (Fsp3) is 0.211. The van der Waals surface area contributed by atoms with Crippen LogP contribution in [0.3, 0.4) is 0 Å². The van der Waals surface area contributed by atoms with E-state index in [4.69, 9.17) is 0 Å². The van der Waals surface area contributed by atoms with Gasteiger partial charge < -0.3 is 28.9 Å². The third-order valence-corrected chi connectivity index (χ3v) is 4.07. The third-order valence-electron chi connectivity index (χ3n) is 4.07. The summed E-state index contributed by atoms with van der Waals surface area (Å²) in [6.45, 7) is 2.17. The Labute approximate surface area is 149 Å². The van der Waals surface area contributed by atoms with Gasteiger partial charge in [0.1, 0.15) is 7.05 Å². The molecule has 22 heavy (non-hydrogen) atoms. The second-order valence-electron chi connectivity index (χ2n) is 5.73. The molecule has 0 spiro atoms. The number of fused-ring (bicyclic) bond motifs is 1. The van der Waals surface area contributed by atoms with Gasteiger partial charge in [-0.15, -0.1) is 0 Å². The minimum absolute atomic E-state index is 0. The van der Waals surface area contributed by atoms with Crippen LogP contribution in [0.25, 0.3) is 22.2 Å². The fourth-order valence-corrected chi connectivity index (χ4v) is 2.90. The van der Waals surface area contributed by atoms with E-state index in [2.05, 4.69) is 92.1 Å². The van der Waals surface area contributed by atoms with E-state index in [1.165, 1.54) is 33.4 Å². The van der Waals surface area contributed by atoms with Gasteiger partial charge in [-0.1, -0.05) is 12.1 Å². The number of hydrogen-bond donors (Lipinski definition) is 0. The standard InChI is InChI=1S/C19H21N2.HI/c1-14-6-5-7-16-10-13-18(21(4)19(14)16)15-8-11-17(12-9-15)20(2)3;/h5-13H,1-4H3;1H/q+1;/p-1. The third kappa shape index (κ3) is 2.95. The van der Waals surface area contributed by atoms with Gasteiger partial charge in [-0.3, -0.25) is 0 Å². The summed E-state index contributed by atoms with van der Waals surface area (Å²) < 4.78 is 2.29. The largest absolute Gasteiger partial charge is 1.00 e. The molecule has 0 fully saturated rings. The van der Waals surface area contributed by atoms with Gasteiger partial charge in [0.05, 0.1) is 0 Å². The summed E-state index contributed by atoms with van der Waals surface area (Å²) >= 11 is 0. The molecule has 114 valence electrons. The van der Waals surface area contributed by atoms with E-state index in [-0.39, 0.29) is 24.0 Å². The highest BCUT2D eigenvalue weighted by Crippen LogP contribution is 2.23. The predicted molar refractivity (Wildman–Crippen MR) is 89.6 cm³/mol. The van der Waals surface area contributed by atoms with Crippen LogP contribution in [0.15, 0.2) is 54.6 Å². The van der Waals surface area contributed by atoms with Crippen LogP contribution < -0.4 is 33.4 Å². The molecule has 0 radical (unpaired) electrons. The second-order valence-corrected chi connectivity index (χ2v) is 5.73. The number of aromatic nitrogens is 1. The topological polar surface area (TPSA) is 7.12 Å². The average molecular weight is 404 g/mol. The van der Waals surface area contributed by atoms with Gasteiger partial charge in [-0.05, 0) is 43.3 Å². The van der Waals surface area contributed by atoms with Crippen molar-refractivity contribution in [1.29, 1.82) is 0 Å². The molecule has 3 aromatic rings. The van der Waals surface area contributed by atoms with Gasteiger partial charge in [0.2, 0.25) is 11.2 Å². The van der Waals surface area contributed by atoms with Gasteiger partial charge >= 0.3 is 0 Å². The Hall–Kier alpha value is -1.62. The number of anilines is 1. The Kier molecular flexibility index (Phi) is 5.06. The summed E-state index contributed by atoms with van der Waals surface area (Å²) in [4.78, 5) is 2.12. The first-order chi connectivity index (χ1) is 10.1. The van der Waals surface area contributed by atoms with Crippen LogP contribution in [-0.2, 0) is 7.05 Å². The van der Waals surface area contributed by atoms with Crippen molar-refractivity contribution in [3.05, 3.63) is 60.2 Å². The van der Waals surface area contributed by atoms with Crippen molar-refractivity contribution in [2.75, 3.05) is 19.0 Å². The number of rotatable bonds is 2. The monoisotopic (exact) mass is 404 g/mol. The predicted octanol–water partition coefficient (Wildman–Crippen LogP) is 0.710. The van der Waals surface area contributed by atoms with Crippen molar-refractivity contribution >= 4 is 16.6 Å². The Balaban J connectivity index is 0.00000176. The lowest BCUT2D eigenvalue weighted by molar-refractivity contribution is -0.633. The molecule has 3 rings (SSSR count). The maximum Gasteiger partial charge on any atom is 0.215 e. The quantitative estimate of drug-likeness (QED) is 0.451. The smallest absolute Gasteiger partial charge is 0.215 e. The molecule has 2 aromatic carbocycles. The van der Waals surface area contributed by atoms with E-state index in [0.29, 0.717) is 0 Å². The van der Waals surface area contributed by atoms with Crippen molar-refractivity contribution in [3.8, 4) is 11.3 Å². The lowest BCUT2D eigenvalue weighted by Gasteiger charge is -2.12. The summed E-state index contributed by atoms with van der Waals surface area (Å²) in [5.74, 6) is 0. The summed E-state index contributed by atoms with van der Waals surface area (Å²) in [7, 11) is 6.27. The van der Waals surface area contributed by atoms with E-state index >= 15 is 0 Å². The molecular formula is C19H21IN2. The zero-order chi connectivity index (χ0) is 15.0. The molecule has 0 aliphatic heterocycles. The molecule has 1 heterocycles. The maximum atomic E-state index is 2.29. The SMILES string of the molecule is Cc1cccc2ccc(-c3ccc(N(C)C)cc3)[n+](C)c12.[I-]. The number of pyridine rings is 1. The number of halogens is 1. The molecule has 0 saturated carbocycles. The minimum atomic E-state index is 0. The van der Waals surface area contributed by atoms with Crippen LogP contribution in [-0.4, -0.2) is 14.1 Å². The molecule has 0 N–H and O–H groups in total. The van der Waals surface area contributed by atoms with Crippen molar-refractivity contribution in [1.82, 2.24) is 0 Å². The zero-order valence-electron chi connectivity index (χ0n) is 13.5. The van der Waals surface area contributed by atoms with Gasteiger partial charge in [0.15, 0.2) is 0 Å². The van der Waals surface area contributed by atoms with E-state index < -0.39 is 0 Å². The number of para-hydroxylation sites is 1. The Morgan fingerprint density at radius 2 is 1.55 bits per heavy atom. The summed E-state index contributed by atoms with van der Waals surface area (Å²) in [6, 6.07) is 19.6. The summed E-state index contributed by atoms with van der Waals surface area (Å²) in [6.07, 6.45) is 0. The van der Waals surface area contributed by atoms with Gasteiger partial charge in [-0.25, -0.2) is 0 Å². The molecule has 3 heteroatoms. The maximum absolute atomic E-state index is 2.29. The molecule has 0 aliphatic carbocycles. The number of benzene rings is 2. The van der Waals surface area contributed by atoms with Crippen molar-refractivity contribution < 1.29 is 28.5 Å². The van der Waals surface area contributed by atoms with E-state index in [0.717, 1.165) is 0 Å². The molecular weight excluding hydrogens is 383 g/mol. The molecule has 0 amide bonds. The van der Waals surface area contributed by atoms with Gasteiger partial charge in [0.25, 0.3) is 0 Å². The first-order valence-electron chi connectivity index (χ1n) is 7.24. The fourth-order valence-electron chi connectivity index (χ4n) is 2.90. The molecule has 0 atom stereocenters. The van der Waals surface area contributed by atoms with Crippen molar-refractivity contribution in [3.63, 3.8) is 0 Å². The Bertz CT molecular complexity index is 792. The van der Waals surface area contributed by atoms with Crippen LogP contribution in [0.5, 0.6) is 0 Å². The van der Waals surface area contributed by atoms with E-state index in [1.807, 2.05) is 0 Å². The average Bonchev–Trinajstić information content (AvgIpc) is 2.48. The van der Waals surface area contributed by atoms with Crippen molar-refractivity contribution in [2.24, 2.45) is 7.05 Å². The van der Waals surface area contributed by atoms with E-state index in [9.17, 15) is 0 Å². The second kappa shape index (κ2) is 6.65. The van der Waals surface area contributed by atoms with Crippen LogP contribution in [0.4, 0.5) is 5.69 Å². The van der Waals surface area contributed by atoms with Gasteiger partial charge in [0, 0.05) is 42.4 Å². The highest BCUT2D eigenvalue weighted by molar-refractivity contribution is 5.80. The van der Waals surface area contributed by atoms with Crippen LogP contribution in [0.1, 0.15) is 5.56 Å². The van der Waals surface area contributed by atoms with Gasteiger partial charge in [-0.2, -0.15) is 4.57 Å². The highest BCUT2D eigenvalue weighted by atomic mass is 127. The van der Waals surface area contributed by atoms with Crippen LogP contribution in [0.2, 0.25) is 0 Å². The number of aryl methyl sites for hydroxylation is 2. The zero-order valence-corrected chi connectivity index (χ0v) is 15.6. The molecule has 0 bridgehead atoms. The lowest BCUT2D eigenvalue weighted by Crippen LogP contribution is -3.00. The normalized spacial score (nSPS) is 10.4. The van der Waals surface area contributed by atoms with Crippen LogP contribution in [0, 0.1) is 6.92 Å². The van der Waals surface area contributed by atoms with Crippen molar-refractivity contribution in [2.45, 2.75) is 6.92 Å². The first-order valence-corrected chi connectivity index (χ1v) is 7.24. The molecule has 2 nitrogen and oxygen atoms in total. The highest BCUT2D eigenvalue weighted by Gasteiger charge is 2.15. The number of hydrogen-bond acceptors (Lipinski definition) is 1.